The Balaban J connectivity index is 1.87. The molecule has 2 fully saturated rings. The van der Waals surface area contributed by atoms with E-state index in [0.717, 1.165) is 18.0 Å². The Morgan fingerprint density at radius 2 is 1.76 bits per heavy atom. The van der Waals surface area contributed by atoms with Crippen LogP contribution in [0.5, 0.6) is 0 Å². The summed E-state index contributed by atoms with van der Waals surface area (Å²) in [6, 6.07) is 1.54. The van der Waals surface area contributed by atoms with Crippen molar-refractivity contribution < 1.29 is 0 Å². The highest BCUT2D eigenvalue weighted by molar-refractivity contribution is 4.84. The first-order chi connectivity index (χ1) is 8.31. The van der Waals surface area contributed by atoms with E-state index >= 15 is 0 Å². The summed E-state index contributed by atoms with van der Waals surface area (Å²) in [4.78, 5) is 2.74. The molecular formula is C15H30N2. The number of likely N-dealkylation sites (N-methyl/N-ethyl adjacent to an activating group) is 1. The van der Waals surface area contributed by atoms with Crippen LogP contribution in [0.25, 0.3) is 0 Å². The van der Waals surface area contributed by atoms with Gasteiger partial charge in [0.05, 0.1) is 0 Å². The van der Waals surface area contributed by atoms with Gasteiger partial charge in [0, 0.05) is 18.6 Å². The fourth-order valence-corrected chi connectivity index (χ4v) is 3.69. The summed E-state index contributed by atoms with van der Waals surface area (Å²) in [6.45, 7) is 5.03. The van der Waals surface area contributed by atoms with Crippen molar-refractivity contribution in [3.8, 4) is 0 Å². The predicted octanol–water partition coefficient (Wildman–Crippen LogP) is 3.03. The fraction of sp³-hybridized carbons (Fsp3) is 1.00. The number of hydrogen-bond donors (Lipinski definition) is 1. The van der Waals surface area contributed by atoms with Gasteiger partial charge in [-0.2, -0.15) is 0 Å². The molecule has 1 N–H and O–H groups in total. The lowest BCUT2D eigenvalue weighted by molar-refractivity contribution is 0.171. The van der Waals surface area contributed by atoms with E-state index in [-0.39, 0.29) is 0 Å². The molecule has 0 bridgehead atoms. The monoisotopic (exact) mass is 238 g/mol. The van der Waals surface area contributed by atoms with Crippen LogP contribution >= 0.6 is 0 Å². The lowest BCUT2D eigenvalue weighted by atomic mass is 9.97. The fourth-order valence-electron chi connectivity index (χ4n) is 3.69. The number of rotatable bonds is 4. The Bertz CT molecular complexity index is 211. The second kappa shape index (κ2) is 6.75. The van der Waals surface area contributed by atoms with Crippen molar-refractivity contribution in [3.05, 3.63) is 0 Å². The Kier molecular flexibility index (Phi) is 5.30. The summed E-state index contributed by atoms with van der Waals surface area (Å²) in [5, 5.41) is 3.59. The normalized spacial score (nSPS) is 30.4. The van der Waals surface area contributed by atoms with Crippen LogP contribution in [-0.4, -0.2) is 37.1 Å². The molecule has 100 valence electrons. The molecular weight excluding hydrogens is 208 g/mol. The van der Waals surface area contributed by atoms with Gasteiger partial charge in [-0.25, -0.2) is 0 Å². The van der Waals surface area contributed by atoms with Crippen LogP contribution in [0.4, 0.5) is 0 Å². The van der Waals surface area contributed by atoms with Crippen LogP contribution in [0.3, 0.4) is 0 Å². The summed E-state index contributed by atoms with van der Waals surface area (Å²) >= 11 is 0. The van der Waals surface area contributed by atoms with Crippen LogP contribution in [0.15, 0.2) is 0 Å². The molecule has 1 saturated heterocycles. The molecule has 2 rings (SSSR count). The van der Waals surface area contributed by atoms with Crippen molar-refractivity contribution in [3.63, 3.8) is 0 Å². The minimum atomic E-state index is 0.734. The predicted molar refractivity (Wildman–Crippen MR) is 74.3 cm³/mol. The minimum Gasteiger partial charge on any atom is -0.315 e. The highest BCUT2D eigenvalue weighted by atomic mass is 15.2. The number of nitrogens with zero attached hydrogens (tertiary/aromatic N) is 1. The van der Waals surface area contributed by atoms with Crippen molar-refractivity contribution >= 4 is 0 Å². The molecule has 1 aliphatic carbocycles. The quantitative estimate of drug-likeness (QED) is 0.810. The van der Waals surface area contributed by atoms with Crippen molar-refractivity contribution in [2.75, 3.05) is 20.1 Å². The molecule has 17 heavy (non-hydrogen) atoms. The second-order valence-corrected chi connectivity index (χ2v) is 6.13. The van der Waals surface area contributed by atoms with Gasteiger partial charge < -0.3 is 5.32 Å². The van der Waals surface area contributed by atoms with Gasteiger partial charge >= 0.3 is 0 Å². The third-order valence-corrected chi connectivity index (χ3v) is 4.96. The smallest absolute Gasteiger partial charge is 0.0220 e. The maximum Gasteiger partial charge on any atom is 0.0220 e. The summed E-state index contributed by atoms with van der Waals surface area (Å²) in [5.74, 6) is 0.940. The third-order valence-electron chi connectivity index (χ3n) is 4.96. The van der Waals surface area contributed by atoms with E-state index in [1.807, 2.05) is 0 Å². The molecule has 0 amide bonds. The molecule has 1 saturated carbocycles. The number of likely N-dealkylation sites (tertiary alicyclic amines) is 1. The van der Waals surface area contributed by atoms with Gasteiger partial charge in [-0.05, 0) is 52.1 Å². The van der Waals surface area contributed by atoms with E-state index in [2.05, 4.69) is 24.2 Å². The van der Waals surface area contributed by atoms with E-state index in [9.17, 15) is 0 Å². The molecule has 0 aromatic heterocycles. The van der Waals surface area contributed by atoms with Crippen molar-refractivity contribution in [1.29, 1.82) is 0 Å². The maximum atomic E-state index is 3.59. The average molecular weight is 238 g/mol. The highest BCUT2D eigenvalue weighted by Gasteiger charge is 2.27. The number of nitrogens with one attached hydrogen (secondary N) is 1. The van der Waals surface area contributed by atoms with Gasteiger partial charge in [-0.15, -0.1) is 0 Å². The van der Waals surface area contributed by atoms with Crippen LogP contribution < -0.4 is 5.32 Å². The second-order valence-electron chi connectivity index (χ2n) is 6.13. The molecule has 0 aromatic carbocycles. The molecule has 2 aliphatic rings. The lowest BCUT2D eigenvalue weighted by Crippen LogP contribution is -2.46. The number of hydrogen-bond acceptors (Lipinski definition) is 2. The SMILES string of the molecule is CNC(CN1CCCCCC1C)C1CCCC1. The maximum absolute atomic E-state index is 3.59. The molecule has 1 heterocycles. The van der Waals surface area contributed by atoms with Gasteiger partial charge in [0.25, 0.3) is 0 Å². The Morgan fingerprint density at radius 1 is 1.06 bits per heavy atom. The zero-order valence-corrected chi connectivity index (χ0v) is 11.8. The highest BCUT2D eigenvalue weighted by Crippen LogP contribution is 2.29. The van der Waals surface area contributed by atoms with Gasteiger partial charge in [0.1, 0.15) is 0 Å². The lowest BCUT2D eigenvalue weighted by Gasteiger charge is -2.33. The Hall–Kier alpha value is -0.0800. The van der Waals surface area contributed by atoms with Crippen LogP contribution in [0, 0.1) is 5.92 Å². The third kappa shape index (κ3) is 3.69. The first-order valence-electron chi connectivity index (χ1n) is 7.72. The zero-order valence-electron chi connectivity index (χ0n) is 11.8. The van der Waals surface area contributed by atoms with Crippen molar-refractivity contribution in [1.82, 2.24) is 10.2 Å². The standard InChI is InChI=1S/C15H30N2/c1-13-8-4-3-7-11-17(13)12-15(16-2)14-9-5-6-10-14/h13-16H,3-12H2,1-2H3. The van der Waals surface area contributed by atoms with Gasteiger partial charge in [-0.1, -0.05) is 25.7 Å². The molecule has 0 radical (unpaired) electrons. The van der Waals surface area contributed by atoms with E-state index in [1.165, 1.54) is 64.5 Å². The summed E-state index contributed by atoms with van der Waals surface area (Å²) in [7, 11) is 2.16. The first kappa shape index (κ1) is 13.4. The summed E-state index contributed by atoms with van der Waals surface area (Å²) in [6.07, 6.45) is 11.5. The molecule has 1 aliphatic heterocycles. The Labute approximate surface area is 107 Å². The van der Waals surface area contributed by atoms with E-state index < -0.39 is 0 Å². The Morgan fingerprint density at radius 3 is 2.47 bits per heavy atom. The largest absolute Gasteiger partial charge is 0.315 e. The van der Waals surface area contributed by atoms with E-state index in [4.69, 9.17) is 0 Å². The molecule has 2 atom stereocenters. The molecule has 2 nitrogen and oxygen atoms in total. The van der Waals surface area contributed by atoms with Crippen molar-refractivity contribution in [2.24, 2.45) is 5.92 Å². The van der Waals surface area contributed by atoms with Crippen LogP contribution in [0.1, 0.15) is 58.3 Å². The first-order valence-corrected chi connectivity index (χ1v) is 7.72. The van der Waals surface area contributed by atoms with Crippen LogP contribution in [0.2, 0.25) is 0 Å². The molecule has 2 unspecified atom stereocenters. The van der Waals surface area contributed by atoms with E-state index in [0.29, 0.717) is 0 Å². The summed E-state index contributed by atoms with van der Waals surface area (Å²) in [5.41, 5.74) is 0. The molecule has 0 spiro atoms. The van der Waals surface area contributed by atoms with E-state index in [1.54, 1.807) is 0 Å². The van der Waals surface area contributed by atoms with Crippen LogP contribution in [-0.2, 0) is 0 Å². The summed E-state index contributed by atoms with van der Waals surface area (Å²) < 4.78 is 0. The molecule has 0 aromatic rings. The van der Waals surface area contributed by atoms with Gasteiger partial charge in [-0.3, -0.25) is 4.90 Å². The minimum absolute atomic E-state index is 0.734. The van der Waals surface area contributed by atoms with Gasteiger partial charge in [0.2, 0.25) is 0 Å². The topological polar surface area (TPSA) is 15.3 Å². The average Bonchev–Trinajstić information content (AvgIpc) is 2.79. The zero-order chi connectivity index (χ0) is 12.1. The van der Waals surface area contributed by atoms with Gasteiger partial charge in [0.15, 0.2) is 0 Å². The van der Waals surface area contributed by atoms with Crippen molar-refractivity contribution in [2.45, 2.75) is 70.4 Å². The molecule has 2 heteroatoms.